The van der Waals surface area contributed by atoms with Gasteiger partial charge in [0.15, 0.2) is 10.8 Å². The van der Waals surface area contributed by atoms with E-state index in [1.54, 1.807) is 23.2 Å². The normalized spacial score (nSPS) is 10.9. The highest BCUT2D eigenvalue weighted by atomic mass is 32.2. The number of nitrogens with one attached hydrogen (secondary N) is 1. The number of fused-ring (bicyclic) bond motifs is 1. The van der Waals surface area contributed by atoms with Crippen molar-refractivity contribution in [2.24, 2.45) is 0 Å². The van der Waals surface area contributed by atoms with Gasteiger partial charge in [-0.1, -0.05) is 11.8 Å². The third-order valence-electron chi connectivity index (χ3n) is 3.63. The van der Waals surface area contributed by atoms with Crippen molar-refractivity contribution in [3.05, 3.63) is 48.0 Å². The van der Waals surface area contributed by atoms with Gasteiger partial charge in [0.1, 0.15) is 5.75 Å². The van der Waals surface area contributed by atoms with Gasteiger partial charge in [-0.25, -0.2) is 4.98 Å². The average Bonchev–Trinajstić information content (AvgIpc) is 3.35. The van der Waals surface area contributed by atoms with Gasteiger partial charge in [-0.15, -0.1) is 21.5 Å². The Kier molecular flexibility index (Phi) is 4.99. The largest absolute Gasteiger partial charge is 0.497 e. The number of thioether (sulfide) groups is 1. The lowest BCUT2D eigenvalue weighted by atomic mass is 10.1. The van der Waals surface area contributed by atoms with Gasteiger partial charge < -0.3 is 10.1 Å². The van der Waals surface area contributed by atoms with Crippen molar-refractivity contribution in [2.75, 3.05) is 18.2 Å². The molecule has 3 aromatic heterocycles. The third kappa shape index (κ3) is 3.91. The van der Waals surface area contributed by atoms with E-state index in [0.717, 1.165) is 17.0 Å². The lowest BCUT2D eigenvalue weighted by molar-refractivity contribution is -0.113. The lowest BCUT2D eigenvalue weighted by Gasteiger charge is -2.04. The van der Waals surface area contributed by atoms with Crippen LogP contribution in [0.1, 0.15) is 0 Å². The number of nitrogens with zero attached hydrogens (tertiary/aromatic N) is 5. The maximum atomic E-state index is 12.0. The standard InChI is InChI=1S/C17H14N6O2S2/c1-25-12-4-2-11(3-5-12)13-6-7-14-20-21-17(23(14)22-13)27-10-15(24)19-16-18-8-9-26-16/h2-9H,10H2,1H3,(H,18,19,24). The molecule has 0 aliphatic carbocycles. The fraction of sp³-hybridized carbons (Fsp3) is 0.118. The lowest BCUT2D eigenvalue weighted by Crippen LogP contribution is -2.14. The van der Waals surface area contributed by atoms with Crippen LogP contribution in [0.5, 0.6) is 5.75 Å². The molecule has 0 bridgehead atoms. The molecule has 27 heavy (non-hydrogen) atoms. The number of rotatable bonds is 6. The molecule has 1 amide bonds. The van der Waals surface area contributed by atoms with Crippen molar-refractivity contribution in [2.45, 2.75) is 5.16 Å². The van der Waals surface area contributed by atoms with E-state index in [1.807, 2.05) is 36.4 Å². The summed E-state index contributed by atoms with van der Waals surface area (Å²) in [6.45, 7) is 0. The van der Waals surface area contributed by atoms with E-state index < -0.39 is 0 Å². The molecule has 136 valence electrons. The number of aromatic nitrogens is 5. The first-order chi connectivity index (χ1) is 13.2. The number of hydrogen-bond acceptors (Lipinski definition) is 8. The predicted molar refractivity (Wildman–Crippen MR) is 104 cm³/mol. The maximum Gasteiger partial charge on any atom is 0.236 e. The number of amides is 1. The van der Waals surface area contributed by atoms with Crippen molar-refractivity contribution in [3.63, 3.8) is 0 Å². The Morgan fingerprint density at radius 3 is 2.81 bits per heavy atom. The number of ether oxygens (including phenoxy) is 1. The van der Waals surface area contributed by atoms with Gasteiger partial charge >= 0.3 is 0 Å². The molecule has 3 heterocycles. The predicted octanol–water partition coefficient (Wildman–Crippen LogP) is 2.99. The molecule has 0 spiro atoms. The second-order valence-electron chi connectivity index (χ2n) is 5.37. The van der Waals surface area contributed by atoms with E-state index in [2.05, 4.69) is 25.6 Å². The summed E-state index contributed by atoms with van der Waals surface area (Å²) in [5.74, 6) is 0.819. The molecule has 4 aromatic rings. The first-order valence-electron chi connectivity index (χ1n) is 7.92. The van der Waals surface area contributed by atoms with Crippen molar-refractivity contribution in [3.8, 4) is 17.0 Å². The number of methoxy groups -OCH3 is 1. The SMILES string of the molecule is COc1ccc(-c2ccc3nnc(SCC(=O)Nc4nccs4)n3n2)cc1. The van der Waals surface area contributed by atoms with Gasteiger partial charge in [0.05, 0.1) is 18.6 Å². The van der Waals surface area contributed by atoms with E-state index in [1.165, 1.54) is 23.1 Å². The van der Waals surface area contributed by atoms with Crippen LogP contribution >= 0.6 is 23.1 Å². The Morgan fingerprint density at radius 1 is 1.22 bits per heavy atom. The van der Waals surface area contributed by atoms with E-state index >= 15 is 0 Å². The van der Waals surface area contributed by atoms with E-state index in [9.17, 15) is 4.79 Å². The number of thiazole rings is 1. The van der Waals surface area contributed by atoms with E-state index in [-0.39, 0.29) is 11.7 Å². The summed E-state index contributed by atoms with van der Waals surface area (Å²) in [5, 5.41) is 18.5. The topological polar surface area (TPSA) is 94.3 Å². The van der Waals surface area contributed by atoms with Gasteiger partial charge in [-0.2, -0.15) is 9.61 Å². The molecule has 10 heteroatoms. The Morgan fingerprint density at radius 2 is 2.07 bits per heavy atom. The van der Waals surface area contributed by atoms with Gasteiger partial charge in [-0.05, 0) is 36.4 Å². The molecular formula is C17H14N6O2S2. The zero-order valence-electron chi connectivity index (χ0n) is 14.2. The first kappa shape index (κ1) is 17.4. The van der Waals surface area contributed by atoms with Crippen LogP contribution in [-0.4, -0.2) is 43.6 Å². The van der Waals surface area contributed by atoms with Gasteiger partial charge in [-0.3, -0.25) is 4.79 Å². The van der Waals surface area contributed by atoms with E-state index in [4.69, 9.17) is 4.74 Å². The maximum absolute atomic E-state index is 12.0. The zero-order valence-corrected chi connectivity index (χ0v) is 15.8. The van der Waals surface area contributed by atoms with E-state index in [0.29, 0.717) is 15.9 Å². The summed E-state index contributed by atoms with van der Waals surface area (Å²) in [7, 11) is 1.63. The summed E-state index contributed by atoms with van der Waals surface area (Å²) in [6, 6.07) is 11.4. The third-order valence-corrected chi connectivity index (χ3v) is 5.24. The number of carbonyl (C=O) groups excluding carboxylic acids is 1. The van der Waals surface area contributed by atoms with Crippen LogP contribution in [0.4, 0.5) is 5.13 Å². The van der Waals surface area contributed by atoms with Crippen LogP contribution in [-0.2, 0) is 4.79 Å². The molecule has 0 atom stereocenters. The molecule has 0 fully saturated rings. The Labute approximate surface area is 162 Å². The zero-order chi connectivity index (χ0) is 18.6. The number of anilines is 1. The van der Waals surface area contributed by atoms with Crippen molar-refractivity contribution in [1.29, 1.82) is 0 Å². The molecule has 4 rings (SSSR count). The summed E-state index contributed by atoms with van der Waals surface area (Å²) in [6.07, 6.45) is 1.64. The molecule has 1 N–H and O–H groups in total. The summed E-state index contributed by atoms with van der Waals surface area (Å²) < 4.78 is 6.82. The van der Waals surface area contributed by atoms with Crippen LogP contribution in [0.3, 0.4) is 0 Å². The van der Waals surface area contributed by atoms with Crippen LogP contribution in [0, 0.1) is 0 Å². The van der Waals surface area contributed by atoms with Gasteiger partial charge in [0.2, 0.25) is 11.1 Å². The highest BCUT2D eigenvalue weighted by molar-refractivity contribution is 7.99. The fourth-order valence-corrected chi connectivity index (χ4v) is 3.58. The average molecular weight is 398 g/mol. The number of hydrogen-bond donors (Lipinski definition) is 1. The second kappa shape index (κ2) is 7.72. The minimum Gasteiger partial charge on any atom is -0.497 e. The Hall–Kier alpha value is -2.98. The van der Waals surface area contributed by atoms with Crippen LogP contribution in [0.2, 0.25) is 0 Å². The second-order valence-corrected chi connectivity index (χ2v) is 7.21. The van der Waals surface area contributed by atoms with Crippen LogP contribution in [0.15, 0.2) is 53.1 Å². The van der Waals surface area contributed by atoms with Gasteiger partial charge in [0, 0.05) is 17.1 Å². The van der Waals surface area contributed by atoms with Crippen molar-refractivity contribution >= 4 is 39.8 Å². The minimum absolute atomic E-state index is 0.155. The van der Waals surface area contributed by atoms with Crippen molar-refractivity contribution in [1.82, 2.24) is 24.8 Å². The van der Waals surface area contributed by atoms with Crippen molar-refractivity contribution < 1.29 is 9.53 Å². The molecular weight excluding hydrogens is 384 g/mol. The highest BCUT2D eigenvalue weighted by Crippen LogP contribution is 2.23. The number of benzene rings is 1. The highest BCUT2D eigenvalue weighted by Gasteiger charge is 2.12. The first-order valence-corrected chi connectivity index (χ1v) is 9.78. The molecule has 1 aromatic carbocycles. The fourth-order valence-electron chi connectivity index (χ4n) is 2.35. The summed E-state index contributed by atoms with van der Waals surface area (Å²) >= 11 is 2.64. The molecule has 0 saturated heterocycles. The smallest absolute Gasteiger partial charge is 0.236 e. The minimum atomic E-state index is -0.155. The molecule has 0 aliphatic heterocycles. The molecule has 8 nitrogen and oxygen atoms in total. The van der Waals surface area contributed by atoms with Crippen LogP contribution in [0.25, 0.3) is 16.9 Å². The Balaban J connectivity index is 1.52. The molecule has 0 radical (unpaired) electrons. The molecule has 0 unspecified atom stereocenters. The van der Waals surface area contributed by atoms with Crippen LogP contribution < -0.4 is 10.1 Å². The molecule has 0 saturated carbocycles. The van der Waals surface area contributed by atoms with Gasteiger partial charge in [0.25, 0.3) is 0 Å². The molecule has 0 aliphatic rings. The quantitative estimate of drug-likeness (QED) is 0.499. The number of carbonyl (C=O) groups is 1. The summed E-state index contributed by atoms with van der Waals surface area (Å²) in [5.41, 5.74) is 2.35. The summed E-state index contributed by atoms with van der Waals surface area (Å²) in [4.78, 5) is 16.1. The monoisotopic (exact) mass is 398 g/mol. The Bertz CT molecular complexity index is 1060.